The van der Waals surface area contributed by atoms with Gasteiger partial charge in [-0.3, -0.25) is 5.10 Å². The van der Waals surface area contributed by atoms with Gasteiger partial charge in [0.15, 0.2) is 0 Å². The summed E-state index contributed by atoms with van der Waals surface area (Å²) in [6.07, 6.45) is 3.51. The molecule has 0 amide bonds. The zero-order chi connectivity index (χ0) is 13.8. The number of aromatic nitrogens is 2. The molecule has 0 bridgehead atoms. The van der Waals surface area contributed by atoms with Crippen molar-refractivity contribution in [1.82, 2.24) is 15.5 Å². The molecule has 2 N–H and O–H groups in total. The van der Waals surface area contributed by atoms with E-state index in [0.717, 1.165) is 34.1 Å². The molecule has 3 rings (SSSR count). The topological polar surface area (TPSA) is 53.9 Å². The fourth-order valence-corrected chi connectivity index (χ4v) is 2.17. The van der Waals surface area contributed by atoms with Crippen LogP contribution in [0.3, 0.4) is 0 Å². The van der Waals surface area contributed by atoms with Crippen LogP contribution < -0.4 is 5.32 Å². The van der Waals surface area contributed by atoms with Gasteiger partial charge in [-0.05, 0) is 29.8 Å². The van der Waals surface area contributed by atoms with Crippen molar-refractivity contribution in [3.8, 4) is 11.3 Å². The summed E-state index contributed by atoms with van der Waals surface area (Å²) in [5.74, 6) is 0.918. The number of hydrogen-bond donors (Lipinski definition) is 2. The van der Waals surface area contributed by atoms with Crippen molar-refractivity contribution in [3.63, 3.8) is 0 Å². The Morgan fingerprint density at radius 2 is 1.95 bits per heavy atom. The number of benzene rings is 1. The van der Waals surface area contributed by atoms with Gasteiger partial charge >= 0.3 is 0 Å². The summed E-state index contributed by atoms with van der Waals surface area (Å²) < 4.78 is 5.28. The Morgan fingerprint density at radius 3 is 2.67 bits per heavy atom. The van der Waals surface area contributed by atoms with E-state index < -0.39 is 0 Å². The maximum Gasteiger partial charge on any atom is 0.117 e. The molecule has 6 heteroatoms. The van der Waals surface area contributed by atoms with Crippen LogP contribution >= 0.6 is 24.0 Å². The number of H-pyrrole nitrogens is 1. The first kappa shape index (κ1) is 15.6. The number of rotatable bonds is 5. The minimum absolute atomic E-state index is 0. The zero-order valence-corrected chi connectivity index (χ0v) is 12.7. The molecule has 1 aromatic carbocycles. The molecule has 0 aliphatic carbocycles. The van der Waals surface area contributed by atoms with Crippen molar-refractivity contribution in [2.75, 3.05) is 0 Å². The van der Waals surface area contributed by atoms with Crippen molar-refractivity contribution < 1.29 is 4.42 Å². The summed E-state index contributed by atoms with van der Waals surface area (Å²) in [7, 11) is 0. The first-order chi connectivity index (χ1) is 9.83. The Balaban J connectivity index is 0.00000161. The number of halogens is 2. The van der Waals surface area contributed by atoms with E-state index in [9.17, 15) is 0 Å². The minimum Gasteiger partial charge on any atom is -0.468 e. The van der Waals surface area contributed by atoms with Crippen molar-refractivity contribution in [3.05, 3.63) is 65.2 Å². The Kier molecular flexibility index (Phi) is 5.44. The van der Waals surface area contributed by atoms with E-state index >= 15 is 0 Å². The number of aromatic amines is 1. The van der Waals surface area contributed by atoms with E-state index in [1.54, 1.807) is 6.26 Å². The number of nitrogens with zero attached hydrogens (tertiary/aromatic N) is 1. The number of nitrogens with one attached hydrogen (secondary N) is 2. The summed E-state index contributed by atoms with van der Waals surface area (Å²) in [6.45, 7) is 1.41. The third kappa shape index (κ3) is 3.88. The second kappa shape index (κ2) is 7.31. The largest absolute Gasteiger partial charge is 0.468 e. The maximum absolute atomic E-state index is 5.90. The lowest BCUT2D eigenvalue weighted by Crippen LogP contribution is -2.12. The van der Waals surface area contributed by atoms with Gasteiger partial charge in [0.2, 0.25) is 0 Å². The predicted octanol–water partition coefficient (Wildman–Crippen LogP) is 4.03. The standard InChI is InChI=1S/C15H14ClN3O.ClH/c16-13-5-3-11(4-6-13)15-12(9-18-19-15)8-17-10-14-2-1-7-20-14;/h1-7,9,17H,8,10H2,(H,18,19);1H. The van der Waals surface area contributed by atoms with E-state index in [2.05, 4.69) is 15.5 Å². The van der Waals surface area contributed by atoms with Crippen LogP contribution in [0.4, 0.5) is 0 Å². The van der Waals surface area contributed by atoms with Crippen molar-refractivity contribution >= 4 is 24.0 Å². The van der Waals surface area contributed by atoms with Crippen LogP contribution in [0.15, 0.2) is 53.3 Å². The fourth-order valence-electron chi connectivity index (χ4n) is 2.05. The molecule has 2 heterocycles. The van der Waals surface area contributed by atoms with Crippen molar-refractivity contribution in [1.29, 1.82) is 0 Å². The molecule has 0 aliphatic rings. The molecule has 4 nitrogen and oxygen atoms in total. The van der Waals surface area contributed by atoms with Gasteiger partial charge in [0.1, 0.15) is 5.76 Å². The molecule has 0 saturated carbocycles. The highest BCUT2D eigenvalue weighted by molar-refractivity contribution is 6.30. The van der Waals surface area contributed by atoms with Gasteiger partial charge in [-0.1, -0.05) is 23.7 Å². The molecule has 0 radical (unpaired) electrons. The Labute approximate surface area is 133 Å². The molecule has 0 atom stereocenters. The molecular formula is C15H15Cl2N3O. The highest BCUT2D eigenvalue weighted by Crippen LogP contribution is 2.22. The first-order valence-corrected chi connectivity index (χ1v) is 6.72. The molecule has 0 unspecified atom stereocenters. The highest BCUT2D eigenvalue weighted by atomic mass is 35.5. The lowest BCUT2D eigenvalue weighted by molar-refractivity contribution is 0.483. The van der Waals surface area contributed by atoms with E-state index in [1.165, 1.54) is 0 Å². The van der Waals surface area contributed by atoms with Gasteiger partial charge in [0.25, 0.3) is 0 Å². The van der Waals surface area contributed by atoms with E-state index in [1.807, 2.05) is 42.6 Å². The number of hydrogen-bond acceptors (Lipinski definition) is 3. The van der Waals surface area contributed by atoms with Crippen LogP contribution in [-0.2, 0) is 13.1 Å². The second-order valence-corrected chi connectivity index (χ2v) is 4.90. The SMILES string of the molecule is Cl.Clc1ccc(-c2[nH]ncc2CNCc2ccco2)cc1. The highest BCUT2D eigenvalue weighted by Gasteiger charge is 2.07. The summed E-state index contributed by atoms with van der Waals surface area (Å²) >= 11 is 5.90. The van der Waals surface area contributed by atoms with Gasteiger partial charge < -0.3 is 9.73 Å². The molecule has 2 aromatic heterocycles. The number of furan rings is 1. The summed E-state index contributed by atoms with van der Waals surface area (Å²) in [4.78, 5) is 0. The summed E-state index contributed by atoms with van der Waals surface area (Å²) in [5.41, 5.74) is 3.19. The molecule has 110 valence electrons. The predicted molar refractivity (Wildman–Crippen MR) is 85.5 cm³/mol. The molecule has 0 fully saturated rings. The van der Waals surface area contributed by atoms with Crippen LogP contribution in [0.2, 0.25) is 5.02 Å². The maximum atomic E-state index is 5.90. The van der Waals surface area contributed by atoms with Gasteiger partial charge in [0, 0.05) is 17.1 Å². The van der Waals surface area contributed by atoms with E-state index in [0.29, 0.717) is 6.54 Å². The molecule has 0 saturated heterocycles. The van der Waals surface area contributed by atoms with Crippen LogP contribution in [0.25, 0.3) is 11.3 Å². The monoisotopic (exact) mass is 323 g/mol. The van der Waals surface area contributed by atoms with Crippen LogP contribution in [-0.4, -0.2) is 10.2 Å². The average molecular weight is 324 g/mol. The molecule has 21 heavy (non-hydrogen) atoms. The van der Waals surface area contributed by atoms with E-state index in [-0.39, 0.29) is 12.4 Å². The quantitative estimate of drug-likeness (QED) is 0.745. The molecule has 0 spiro atoms. The van der Waals surface area contributed by atoms with Gasteiger partial charge in [-0.15, -0.1) is 12.4 Å². The van der Waals surface area contributed by atoms with Crippen LogP contribution in [0.1, 0.15) is 11.3 Å². The third-order valence-electron chi connectivity index (χ3n) is 3.05. The average Bonchev–Trinajstić information content (AvgIpc) is 3.11. The second-order valence-electron chi connectivity index (χ2n) is 4.46. The van der Waals surface area contributed by atoms with Crippen LogP contribution in [0.5, 0.6) is 0 Å². The van der Waals surface area contributed by atoms with Crippen LogP contribution in [0, 0.1) is 0 Å². The lowest BCUT2D eigenvalue weighted by Gasteiger charge is -2.05. The Bertz CT molecular complexity index is 663. The Morgan fingerprint density at radius 1 is 1.14 bits per heavy atom. The fraction of sp³-hybridized carbons (Fsp3) is 0.133. The zero-order valence-electron chi connectivity index (χ0n) is 11.2. The van der Waals surface area contributed by atoms with Crippen molar-refractivity contribution in [2.45, 2.75) is 13.1 Å². The van der Waals surface area contributed by atoms with Gasteiger partial charge in [0.05, 0.1) is 24.7 Å². The summed E-state index contributed by atoms with van der Waals surface area (Å²) in [5, 5.41) is 11.2. The van der Waals surface area contributed by atoms with Gasteiger partial charge in [-0.25, -0.2) is 0 Å². The lowest BCUT2D eigenvalue weighted by atomic mass is 10.1. The third-order valence-corrected chi connectivity index (χ3v) is 3.30. The van der Waals surface area contributed by atoms with Gasteiger partial charge in [-0.2, -0.15) is 5.10 Å². The Hall–Kier alpha value is -1.75. The molecule has 3 aromatic rings. The van der Waals surface area contributed by atoms with E-state index in [4.69, 9.17) is 16.0 Å². The molecular weight excluding hydrogens is 309 g/mol. The summed E-state index contributed by atoms with van der Waals surface area (Å²) in [6, 6.07) is 11.5. The normalized spacial score (nSPS) is 10.3. The minimum atomic E-state index is 0. The van der Waals surface area contributed by atoms with Crippen molar-refractivity contribution in [2.24, 2.45) is 0 Å². The smallest absolute Gasteiger partial charge is 0.117 e. The molecule has 0 aliphatic heterocycles. The first-order valence-electron chi connectivity index (χ1n) is 6.34.